The average Bonchev–Trinajstić information content (AvgIpc) is 2.79. The second-order valence-electron chi connectivity index (χ2n) is 3.79. The van der Waals surface area contributed by atoms with Gasteiger partial charge in [-0.3, -0.25) is 0 Å². The van der Waals surface area contributed by atoms with Gasteiger partial charge in [0.1, 0.15) is 22.8 Å². The van der Waals surface area contributed by atoms with Crippen LogP contribution in [0.1, 0.15) is 5.01 Å². The fraction of sp³-hybridized carbons (Fsp3) is 0.250. The molecule has 0 radical (unpaired) electrons. The number of nitrogens with zero attached hydrogens (tertiary/aromatic N) is 1. The summed E-state index contributed by atoms with van der Waals surface area (Å²) >= 11 is 5.05. The molecule has 1 aromatic carbocycles. The number of benzene rings is 1. The molecule has 0 fully saturated rings. The van der Waals surface area contributed by atoms with E-state index < -0.39 is 0 Å². The van der Waals surface area contributed by atoms with Crippen LogP contribution in [0, 0.1) is 0 Å². The zero-order valence-corrected chi connectivity index (χ0v) is 11.9. The SMILES string of the molecule is NCc1nc(Br)c(-c2ccc3c(c2)OCCO3)s1. The van der Waals surface area contributed by atoms with Gasteiger partial charge < -0.3 is 15.2 Å². The Labute approximate surface area is 117 Å². The molecule has 1 aromatic heterocycles. The Morgan fingerprint density at radius 1 is 1.28 bits per heavy atom. The minimum Gasteiger partial charge on any atom is -0.486 e. The summed E-state index contributed by atoms with van der Waals surface area (Å²) < 4.78 is 11.9. The van der Waals surface area contributed by atoms with E-state index in [1.54, 1.807) is 11.3 Å². The number of aromatic nitrogens is 1. The minimum atomic E-state index is 0.452. The van der Waals surface area contributed by atoms with Crippen LogP contribution in [0.2, 0.25) is 0 Å². The molecule has 2 N–H and O–H groups in total. The van der Waals surface area contributed by atoms with Crippen molar-refractivity contribution in [2.75, 3.05) is 13.2 Å². The normalized spacial score (nSPS) is 13.7. The van der Waals surface area contributed by atoms with Gasteiger partial charge in [-0.2, -0.15) is 0 Å². The van der Waals surface area contributed by atoms with Gasteiger partial charge >= 0.3 is 0 Å². The first-order valence-corrected chi connectivity index (χ1v) is 7.14. The predicted molar refractivity (Wildman–Crippen MR) is 74.1 cm³/mol. The number of rotatable bonds is 2. The van der Waals surface area contributed by atoms with Gasteiger partial charge in [0.15, 0.2) is 11.5 Å². The summed E-state index contributed by atoms with van der Waals surface area (Å²) in [5.41, 5.74) is 6.66. The van der Waals surface area contributed by atoms with Gasteiger partial charge in [0, 0.05) is 6.54 Å². The van der Waals surface area contributed by atoms with Gasteiger partial charge in [0.25, 0.3) is 0 Å². The topological polar surface area (TPSA) is 57.4 Å². The lowest BCUT2D eigenvalue weighted by atomic mass is 10.2. The summed E-state index contributed by atoms with van der Waals surface area (Å²) in [7, 11) is 0. The summed E-state index contributed by atoms with van der Waals surface area (Å²) in [6.45, 7) is 1.65. The molecule has 2 heterocycles. The van der Waals surface area contributed by atoms with Gasteiger partial charge in [-0.15, -0.1) is 11.3 Å². The van der Waals surface area contributed by atoms with Gasteiger partial charge in [-0.1, -0.05) is 0 Å². The van der Waals surface area contributed by atoms with Crippen LogP contribution in [-0.2, 0) is 6.54 Å². The van der Waals surface area contributed by atoms with Crippen LogP contribution in [0.3, 0.4) is 0 Å². The molecule has 0 saturated carbocycles. The molecule has 94 valence electrons. The van der Waals surface area contributed by atoms with Crippen LogP contribution in [-0.4, -0.2) is 18.2 Å². The number of fused-ring (bicyclic) bond motifs is 1. The molecule has 0 unspecified atom stereocenters. The van der Waals surface area contributed by atoms with E-state index >= 15 is 0 Å². The lowest BCUT2D eigenvalue weighted by Crippen LogP contribution is -2.15. The quantitative estimate of drug-likeness (QED) is 0.921. The third-order valence-electron chi connectivity index (χ3n) is 2.61. The van der Waals surface area contributed by atoms with Crippen LogP contribution in [0.15, 0.2) is 22.8 Å². The van der Waals surface area contributed by atoms with Gasteiger partial charge in [-0.05, 0) is 39.7 Å². The maximum Gasteiger partial charge on any atom is 0.162 e. The standard InChI is InChI=1S/C12H11BrN2O2S/c13-12-11(18-10(6-14)15-12)7-1-2-8-9(5-7)17-4-3-16-8/h1-2,5H,3-4,6,14H2. The molecule has 1 aliphatic heterocycles. The molecule has 0 aliphatic carbocycles. The Balaban J connectivity index is 2.03. The maximum absolute atomic E-state index is 5.60. The molecule has 6 heteroatoms. The highest BCUT2D eigenvalue weighted by molar-refractivity contribution is 9.10. The highest BCUT2D eigenvalue weighted by atomic mass is 79.9. The fourth-order valence-electron chi connectivity index (χ4n) is 1.79. The molecule has 0 saturated heterocycles. The van der Waals surface area contributed by atoms with Crippen molar-refractivity contribution in [3.05, 3.63) is 27.8 Å². The van der Waals surface area contributed by atoms with Crippen molar-refractivity contribution in [1.29, 1.82) is 0 Å². The molecule has 0 bridgehead atoms. The molecule has 0 atom stereocenters. The largest absolute Gasteiger partial charge is 0.486 e. The molecule has 4 nitrogen and oxygen atoms in total. The Morgan fingerprint density at radius 2 is 2.06 bits per heavy atom. The van der Waals surface area contributed by atoms with E-state index in [9.17, 15) is 0 Å². The van der Waals surface area contributed by atoms with Crippen LogP contribution in [0.25, 0.3) is 10.4 Å². The van der Waals surface area contributed by atoms with Crippen molar-refractivity contribution < 1.29 is 9.47 Å². The first kappa shape index (κ1) is 12.0. The molecular formula is C12H11BrN2O2S. The molecule has 2 aromatic rings. The number of hydrogen-bond acceptors (Lipinski definition) is 5. The Kier molecular flexibility index (Phi) is 3.23. The fourth-order valence-corrected chi connectivity index (χ4v) is 3.43. The highest BCUT2D eigenvalue weighted by Crippen LogP contribution is 2.39. The molecule has 3 rings (SSSR count). The van der Waals surface area contributed by atoms with Crippen molar-refractivity contribution in [2.24, 2.45) is 5.73 Å². The smallest absolute Gasteiger partial charge is 0.162 e. The highest BCUT2D eigenvalue weighted by Gasteiger charge is 2.15. The summed E-state index contributed by atoms with van der Waals surface area (Å²) in [5.74, 6) is 1.58. The van der Waals surface area contributed by atoms with Crippen LogP contribution in [0.4, 0.5) is 0 Å². The molecule has 18 heavy (non-hydrogen) atoms. The van der Waals surface area contributed by atoms with Crippen molar-refractivity contribution in [3.8, 4) is 21.9 Å². The van der Waals surface area contributed by atoms with Gasteiger partial charge in [0.2, 0.25) is 0 Å². The van der Waals surface area contributed by atoms with Gasteiger partial charge in [-0.25, -0.2) is 4.98 Å². The number of nitrogens with two attached hydrogens (primary N) is 1. The monoisotopic (exact) mass is 326 g/mol. The second-order valence-corrected chi connectivity index (χ2v) is 5.62. The summed E-state index contributed by atoms with van der Waals surface area (Å²) in [5, 5.41) is 0.909. The van der Waals surface area contributed by atoms with E-state index in [0.29, 0.717) is 19.8 Å². The van der Waals surface area contributed by atoms with E-state index in [1.807, 2.05) is 18.2 Å². The van der Waals surface area contributed by atoms with Crippen molar-refractivity contribution in [2.45, 2.75) is 6.54 Å². The zero-order valence-electron chi connectivity index (χ0n) is 9.48. The first-order valence-electron chi connectivity index (χ1n) is 5.53. The van der Waals surface area contributed by atoms with E-state index in [-0.39, 0.29) is 0 Å². The summed E-state index contributed by atoms with van der Waals surface area (Å²) in [4.78, 5) is 5.42. The van der Waals surface area contributed by atoms with E-state index in [1.165, 1.54) is 0 Å². The molecule has 1 aliphatic rings. The Bertz CT molecular complexity index is 585. The van der Waals surface area contributed by atoms with E-state index in [4.69, 9.17) is 15.2 Å². The summed E-state index contributed by atoms with van der Waals surface area (Å²) in [6.07, 6.45) is 0. The van der Waals surface area contributed by atoms with Crippen LogP contribution in [0.5, 0.6) is 11.5 Å². The average molecular weight is 327 g/mol. The number of halogens is 1. The number of ether oxygens (including phenoxy) is 2. The Morgan fingerprint density at radius 3 is 2.78 bits per heavy atom. The molecular weight excluding hydrogens is 316 g/mol. The lowest BCUT2D eigenvalue weighted by molar-refractivity contribution is 0.171. The zero-order chi connectivity index (χ0) is 12.5. The second kappa shape index (κ2) is 4.87. The summed E-state index contributed by atoms with van der Waals surface area (Å²) in [6, 6.07) is 5.91. The van der Waals surface area contributed by atoms with Crippen molar-refractivity contribution in [1.82, 2.24) is 4.98 Å². The number of thiazole rings is 1. The van der Waals surface area contributed by atoms with E-state index in [2.05, 4.69) is 20.9 Å². The minimum absolute atomic E-state index is 0.452. The van der Waals surface area contributed by atoms with Gasteiger partial charge in [0.05, 0.1) is 4.88 Å². The Hall–Kier alpha value is -1.11. The van der Waals surface area contributed by atoms with Crippen LogP contribution >= 0.6 is 27.3 Å². The third-order valence-corrected chi connectivity index (χ3v) is 4.57. The predicted octanol–water partition coefficient (Wildman–Crippen LogP) is 2.80. The molecule has 0 spiro atoms. The van der Waals surface area contributed by atoms with E-state index in [0.717, 1.165) is 31.6 Å². The maximum atomic E-state index is 5.60. The third kappa shape index (κ3) is 2.11. The number of hydrogen-bond donors (Lipinski definition) is 1. The van der Waals surface area contributed by atoms with Crippen LogP contribution < -0.4 is 15.2 Å². The lowest BCUT2D eigenvalue weighted by Gasteiger charge is -2.18. The molecule has 0 amide bonds. The van der Waals surface area contributed by atoms with Crippen molar-refractivity contribution >= 4 is 27.3 Å². The first-order chi connectivity index (χ1) is 8.78. The van der Waals surface area contributed by atoms with Crippen molar-refractivity contribution in [3.63, 3.8) is 0 Å².